The van der Waals surface area contributed by atoms with Crippen molar-refractivity contribution in [3.63, 3.8) is 0 Å². The van der Waals surface area contributed by atoms with Gasteiger partial charge in [-0.1, -0.05) is 30.3 Å². The highest BCUT2D eigenvalue weighted by atomic mass is 19.1. The van der Waals surface area contributed by atoms with Gasteiger partial charge in [-0.15, -0.1) is 0 Å². The Labute approximate surface area is 125 Å². The molecule has 2 nitrogen and oxygen atoms in total. The summed E-state index contributed by atoms with van der Waals surface area (Å²) in [5, 5.41) is 0. The number of hydrogen-bond acceptors (Lipinski definition) is 2. The molecule has 110 valence electrons. The van der Waals surface area contributed by atoms with Gasteiger partial charge in [0.2, 0.25) is 0 Å². The average Bonchev–Trinajstić information content (AvgIpc) is 2.51. The quantitative estimate of drug-likeness (QED) is 0.854. The van der Waals surface area contributed by atoms with Crippen LogP contribution in [0.15, 0.2) is 48.5 Å². The monoisotopic (exact) mass is 284 g/mol. The lowest BCUT2D eigenvalue weighted by Crippen LogP contribution is -2.44. The van der Waals surface area contributed by atoms with E-state index in [1.54, 1.807) is 6.07 Å². The third-order valence-electron chi connectivity index (χ3n) is 4.13. The van der Waals surface area contributed by atoms with Gasteiger partial charge in [-0.2, -0.15) is 0 Å². The van der Waals surface area contributed by atoms with Crippen LogP contribution < -0.4 is 4.90 Å². The van der Waals surface area contributed by atoms with Crippen LogP contribution in [0.5, 0.6) is 0 Å². The Hall–Kier alpha value is -1.87. The number of benzene rings is 2. The summed E-state index contributed by atoms with van der Waals surface area (Å²) in [5.41, 5.74) is 3.17. The third kappa shape index (κ3) is 3.42. The van der Waals surface area contributed by atoms with Gasteiger partial charge < -0.3 is 9.80 Å². The topological polar surface area (TPSA) is 6.48 Å². The van der Waals surface area contributed by atoms with Crippen molar-refractivity contribution in [2.24, 2.45) is 0 Å². The Morgan fingerprint density at radius 3 is 2.48 bits per heavy atom. The normalized spacial score (nSPS) is 16.2. The van der Waals surface area contributed by atoms with Gasteiger partial charge in [-0.3, -0.25) is 0 Å². The van der Waals surface area contributed by atoms with Crippen LogP contribution in [0.4, 0.5) is 10.1 Å². The molecule has 0 aliphatic carbocycles. The minimum Gasteiger partial charge on any atom is -0.369 e. The second kappa shape index (κ2) is 6.27. The number of hydrogen-bond donors (Lipinski definition) is 0. The van der Waals surface area contributed by atoms with E-state index in [1.807, 2.05) is 12.1 Å². The summed E-state index contributed by atoms with van der Waals surface area (Å²) >= 11 is 0. The van der Waals surface area contributed by atoms with E-state index in [2.05, 4.69) is 41.1 Å². The largest absolute Gasteiger partial charge is 0.369 e. The van der Waals surface area contributed by atoms with Crippen LogP contribution in [0, 0.1) is 5.82 Å². The summed E-state index contributed by atoms with van der Waals surface area (Å²) in [5.74, 6) is -0.123. The van der Waals surface area contributed by atoms with Crippen molar-refractivity contribution in [1.29, 1.82) is 0 Å². The van der Waals surface area contributed by atoms with Crippen LogP contribution in [-0.2, 0) is 6.42 Å². The number of halogens is 1. The van der Waals surface area contributed by atoms with Crippen LogP contribution in [0.25, 0.3) is 0 Å². The maximum Gasteiger partial charge on any atom is 0.126 e. The molecule has 0 unspecified atom stereocenters. The van der Waals surface area contributed by atoms with Crippen LogP contribution in [-0.4, -0.2) is 38.1 Å². The first-order valence-electron chi connectivity index (χ1n) is 7.48. The summed E-state index contributed by atoms with van der Waals surface area (Å²) in [4.78, 5) is 4.75. The molecule has 1 aliphatic heterocycles. The number of anilines is 1. The number of likely N-dealkylation sites (N-methyl/N-ethyl adjacent to an activating group) is 1. The first-order chi connectivity index (χ1) is 10.2. The second-order valence-electron chi connectivity index (χ2n) is 5.73. The summed E-state index contributed by atoms with van der Waals surface area (Å²) in [6.07, 6.45) is 0.647. The standard InChI is InChI=1S/C18H21FN2/c1-20-9-11-21(12-10-20)17-7-4-5-15(14-17)13-16-6-2-3-8-18(16)19/h2-8,14H,9-13H2,1H3. The van der Waals surface area contributed by atoms with E-state index in [0.29, 0.717) is 6.42 Å². The van der Waals surface area contributed by atoms with E-state index < -0.39 is 0 Å². The molecule has 0 bridgehead atoms. The van der Waals surface area contributed by atoms with Gasteiger partial charge in [0, 0.05) is 38.3 Å². The van der Waals surface area contributed by atoms with Crippen molar-refractivity contribution >= 4 is 5.69 Å². The maximum atomic E-state index is 13.8. The van der Waals surface area contributed by atoms with Gasteiger partial charge in [0.05, 0.1) is 0 Å². The van der Waals surface area contributed by atoms with Gasteiger partial charge in [0.25, 0.3) is 0 Å². The fourth-order valence-corrected chi connectivity index (χ4v) is 2.79. The molecule has 0 N–H and O–H groups in total. The molecule has 3 rings (SSSR count). The molecule has 1 aliphatic rings. The Bertz CT molecular complexity index is 604. The fourth-order valence-electron chi connectivity index (χ4n) is 2.79. The van der Waals surface area contributed by atoms with Crippen LogP contribution >= 0.6 is 0 Å². The van der Waals surface area contributed by atoms with Crippen molar-refractivity contribution in [2.75, 3.05) is 38.1 Å². The van der Waals surface area contributed by atoms with E-state index in [0.717, 1.165) is 37.3 Å². The molecule has 0 saturated carbocycles. The fraction of sp³-hybridized carbons (Fsp3) is 0.333. The smallest absolute Gasteiger partial charge is 0.126 e. The molecule has 0 radical (unpaired) electrons. The van der Waals surface area contributed by atoms with Crippen molar-refractivity contribution in [3.8, 4) is 0 Å². The molecule has 1 saturated heterocycles. The SMILES string of the molecule is CN1CCN(c2cccc(Cc3ccccc3F)c2)CC1. The lowest BCUT2D eigenvalue weighted by molar-refractivity contribution is 0.313. The van der Waals surface area contributed by atoms with E-state index in [9.17, 15) is 4.39 Å². The molecular formula is C18H21FN2. The zero-order chi connectivity index (χ0) is 14.7. The number of rotatable bonds is 3. The van der Waals surface area contributed by atoms with Crippen LogP contribution in [0.1, 0.15) is 11.1 Å². The van der Waals surface area contributed by atoms with E-state index >= 15 is 0 Å². The van der Waals surface area contributed by atoms with Crippen LogP contribution in [0.3, 0.4) is 0 Å². The minimum absolute atomic E-state index is 0.123. The summed E-state index contributed by atoms with van der Waals surface area (Å²) in [7, 11) is 2.16. The Morgan fingerprint density at radius 1 is 0.952 bits per heavy atom. The predicted octanol–water partition coefficient (Wildman–Crippen LogP) is 3.17. The predicted molar refractivity (Wildman–Crippen MR) is 85.4 cm³/mol. The average molecular weight is 284 g/mol. The van der Waals surface area contributed by atoms with Gasteiger partial charge in [-0.05, 0) is 36.4 Å². The second-order valence-corrected chi connectivity index (χ2v) is 5.73. The molecule has 0 atom stereocenters. The lowest BCUT2D eigenvalue weighted by Gasteiger charge is -2.34. The van der Waals surface area contributed by atoms with Gasteiger partial charge in [0.1, 0.15) is 5.82 Å². The Kier molecular flexibility index (Phi) is 4.20. The zero-order valence-corrected chi connectivity index (χ0v) is 12.4. The van der Waals surface area contributed by atoms with Gasteiger partial charge in [0.15, 0.2) is 0 Å². The molecular weight excluding hydrogens is 263 g/mol. The van der Waals surface area contributed by atoms with E-state index in [-0.39, 0.29) is 5.82 Å². The van der Waals surface area contributed by atoms with Crippen LogP contribution in [0.2, 0.25) is 0 Å². The highest BCUT2D eigenvalue weighted by molar-refractivity contribution is 5.50. The molecule has 3 heteroatoms. The molecule has 0 amide bonds. The number of nitrogens with zero attached hydrogens (tertiary/aromatic N) is 2. The summed E-state index contributed by atoms with van der Waals surface area (Å²) in [6, 6.07) is 15.5. The molecule has 1 heterocycles. The summed E-state index contributed by atoms with van der Waals surface area (Å²) < 4.78 is 13.8. The molecule has 2 aromatic carbocycles. The molecule has 1 fully saturated rings. The highest BCUT2D eigenvalue weighted by Crippen LogP contribution is 2.20. The maximum absolute atomic E-state index is 13.8. The highest BCUT2D eigenvalue weighted by Gasteiger charge is 2.14. The molecule has 21 heavy (non-hydrogen) atoms. The molecule has 0 aromatic heterocycles. The summed E-state index contributed by atoms with van der Waals surface area (Å²) in [6.45, 7) is 4.30. The zero-order valence-electron chi connectivity index (χ0n) is 12.4. The molecule has 0 spiro atoms. The minimum atomic E-state index is -0.123. The van der Waals surface area contributed by atoms with Gasteiger partial charge in [-0.25, -0.2) is 4.39 Å². The van der Waals surface area contributed by atoms with E-state index in [4.69, 9.17) is 0 Å². The Balaban J connectivity index is 1.76. The molecule has 2 aromatic rings. The van der Waals surface area contributed by atoms with E-state index in [1.165, 1.54) is 11.8 Å². The van der Waals surface area contributed by atoms with Crippen molar-refractivity contribution < 1.29 is 4.39 Å². The lowest BCUT2D eigenvalue weighted by atomic mass is 10.0. The first-order valence-corrected chi connectivity index (χ1v) is 7.48. The first kappa shape index (κ1) is 14.1. The van der Waals surface area contributed by atoms with Crippen molar-refractivity contribution in [2.45, 2.75) is 6.42 Å². The number of piperazine rings is 1. The van der Waals surface area contributed by atoms with Gasteiger partial charge >= 0.3 is 0 Å². The third-order valence-corrected chi connectivity index (χ3v) is 4.13. The van der Waals surface area contributed by atoms with Crippen molar-refractivity contribution in [1.82, 2.24) is 4.90 Å². The Morgan fingerprint density at radius 2 is 1.71 bits per heavy atom. The van der Waals surface area contributed by atoms with Crippen molar-refractivity contribution in [3.05, 3.63) is 65.5 Å².